The van der Waals surface area contributed by atoms with E-state index in [1.165, 1.54) is 4.57 Å². The number of nitrogens with two attached hydrogens (primary N) is 1. The van der Waals surface area contributed by atoms with E-state index in [4.69, 9.17) is 10.5 Å². The second-order valence-corrected chi connectivity index (χ2v) is 6.46. The van der Waals surface area contributed by atoms with Gasteiger partial charge in [0, 0.05) is 37.4 Å². The first-order chi connectivity index (χ1) is 14.0. The summed E-state index contributed by atoms with van der Waals surface area (Å²) < 4.78 is 7.32. The molecule has 0 aliphatic heterocycles. The molecule has 0 radical (unpaired) electrons. The van der Waals surface area contributed by atoms with Gasteiger partial charge in [-0.2, -0.15) is 0 Å². The normalized spacial score (nSPS) is 10.8. The SMILES string of the molecule is CCNc1ncc(-c2ccc3cc(Oc4ccnc(N)c4)ccc3n2)c(=O)n1C. The van der Waals surface area contributed by atoms with E-state index < -0.39 is 0 Å². The molecule has 0 fully saturated rings. The lowest BCUT2D eigenvalue weighted by molar-refractivity contribution is 0.483. The Bertz CT molecular complexity index is 1250. The zero-order valence-electron chi connectivity index (χ0n) is 16.1. The third kappa shape index (κ3) is 3.73. The number of anilines is 2. The second kappa shape index (κ2) is 7.59. The van der Waals surface area contributed by atoms with Crippen LogP contribution in [0.2, 0.25) is 0 Å². The molecule has 0 spiro atoms. The summed E-state index contributed by atoms with van der Waals surface area (Å²) in [7, 11) is 1.69. The lowest BCUT2D eigenvalue weighted by atomic mass is 10.1. The van der Waals surface area contributed by atoms with E-state index >= 15 is 0 Å². The molecule has 1 aromatic carbocycles. The Kier molecular flexibility index (Phi) is 4.82. The van der Waals surface area contributed by atoms with Crippen molar-refractivity contribution in [2.75, 3.05) is 17.6 Å². The Labute approximate surface area is 167 Å². The zero-order chi connectivity index (χ0) is 20.4. The van der Waals surface area contributed by atoms with Gasteiger partial charge in [0.25, 0.3) is 5.56 Å². The molecular formula is C21H20N6O2. The molecule has 3 aromatic heterocycles. The van der Waals surface area contributed by atoms with E-state index in [0.717, 1.165) is 10.9 Å². The molecule has 0 saturated carbocycles. The van der Waals surface area contributed by atoms with Crippen LogP contribution in [0.5, 0.6) is 11.5 Å². The number of benzene rings is 1. The minimum atomic E-state index is -0.155. The Balaban J connectivity index is 1.67. The summed E-state index contributed by atoms with van der Waals surface area (Å²) in [5.74, 6) is 2.19. The topological polar surface area (TPSA) is 108 Å². The van der Waals surface area contributed by atoms with Crippen LogP contribution < -0.4 is 21.3 Å². The van der Waals surface area contributed by atoms with E-state index in [2.05, 4.69) is 20.3 Å². The number of fused-ring (bicyclic) bond motifs is 1. The number of hydrogen-bond donors (Lipinski definition) is 2. The maximum atomic E-state index is 12.7. The molecule has 0 amide bonds. The number of hydrogen-bond acceptors (Lipinski definition) is 7. The molecule has 0 bridgehead atoms. The highest BCUT2D eigenvalue weighted by Crippen LogP contribution is 2.27. The zero-order valence-corrected chi connectivity index (χ0v) is 16.1. The molecule has 0 aliphatic rings. The van der Waals surface area contributed by atoms with E-state index in [-0.39, 0.29) is 5.56 Å². The predicted octanol–water partition coefficient (Wildman–Crippen LogP) is 3.20. The molecule has 0 aliphatic carbocycles. The van der Waals surface area contributed by atoms with Gasteiger partial charge in [0.15, 0.2) is 0 Å². The van der Waals surface area contributed by atoms with Crippen LogP contribution in [0.4, 0.5) is 11.8 Å². The van der Waals surface area contributed by atoms with Crippen molar-refractivity contribution in [1.29, 1.82) is 0 Å². The number of nitrogens with one attached hydrogen (secondary N) is 1. The number of rotatable bonds is 5. The molecule has 0 atom stereocenters. The number of nitrogen functional groups attached to an aromatic ring is 1. The second-order valence-electron chi connectivity index (χ2n) is 6.46. The lowest BCUT2D eigenvalue weighted by Crippen LogP contribution is -2.23. The van der Waals surface area contributed by atoms with E-state index in [1.54, 1.807) is 31.6 Å². The van der Waals surface area contributed by atoms with Gasteiger partial charge >= 0.3 is 0 Å². The smallest absolute Gasteiger partial charge is 0.264 e. The number of nitrogens with zero attached hydrogens (tertiary/aromatic N) is 4. The molecule has 0 saturated heterocycles. The third-order valence-corrected chi connectivity index (χ3v) is 4.43. The van der Waals surface area contributed by atoms with Crippen molar-refractivity contribution in [3.8, 4) is 22.8 Å². The molecule has 8 heteroatoms. The molecular weight excluding hydrogens is 368 g/mol. The fourth-order valence-corrected chi connectivity index (χ4v) is 2.99. The van der Waals surface area contributed by atoms with Crippen LogP contribution in [0.1, 0.15) is 6.92 Å². The Morgan fingerprint density at radius 2 is 1.93 bits per heavy atom. The van der Waals surface area contributed by atoms with Gasteiger partial charge in [0.05, 0.1) is 16.8 Å². The fraction of sp³-hybridized carbons (Fsp3) is 0.143. The van der Waals surface area contributed by atoms with Crippen LogP contribution in [-0.2, 0) is 7.05 Å². The van der Waals surface area contributed by atoms with Gasteiger partial charge in [0.1, 0.15) is 17.3 Å². The van der Waals surface area contributed by atoms with Crippen molar-refractivity contribution >= 4 is 22.7 Å². The van der Waals surface area contributed by atoms with Crippen LogP contribution in [0.15, 0.2) is 59.7 Å². The van der Waals surface area contributed by atoms with Crippen molar-refractivity contribution in [3.63, 3.8) is 0 Å². The van der Waals surface area contributed by atoms with Crippen LogP contribution in [0.3, 0.4) is 0 Å². The Morgan fingerprint density at radius 3 is 2.72 bits per heavy atom. The summed E-state index contributed by atoms with van der Waals surface area (Å²) in [6, 6.07) is 12.7. The molecule has 146 valence electrons. The molecule has 3 N–H and O–H groups in total. The first kappa shape index (κ1) is 18.4. The highest BCUT2D eigenvalue weighted by Gasteiger charge is 2.11. The summed E-state index contributed by atoms with van der Waals surface area (Å²) in [5, 5.41) is 3.95. The highest BCUT2D eigenvalue weighted by molar-refractivity contribution is 5.82. The van der Waals surface area contributed by atoms with Gasteiger partial charge in [-0.25, -0.2) is 15.0 Å². The highest BCUT2D eigenvalue weighted by atomic mass is 16.5. The molecule has 4 rings (SSSR count). The maximum absolute atomic E-state index is 12.7. The molecule has 29 heavy (non-hydrogen) atoms. The maximum Gasteiger partial charge on any atom is 0.264 e. The van der Waals surface area contributed by atoms with Crippen molar-refractivity contribution < 1.29 is 4.74 Å². The average molecular weight is 388 g/mol. The van der Waals surface area contributed by atoms with Crippen LogP contribution >= 0.6 is 0 Å². The first-order valence-corrected chi connectivity index (χ1v) is 9.15. The largest absolute Gasteiger partial charge is 0.457 e. The summed E-state index contributed by atoms with van der Waals surface area (Å²) >= 11 is 0. The van der Waals surface area contributed by atoms with Crippen LogP contribution in [0.25, 0.3) is 22.2 Å². The van der Waals surface area contributed by atoms with Crippen molar-refractivity contribution in [2.24, 2.45) is 7.05 Å². The van der Waals surface area contributed by atoms with Gasteiger partial charge in [-0.3, -0.25) is 9.36 Å². The van der Waals surface area contributed by atoms with Gasteiger partial charge in [-0.1, -0.05) is 6.07 Å². The van der Waals surface area contributed by atoms with E-state index in [0.29, 0.717) is 41.1 Å². The van der Waals surface area contributed by atoms with Gasteiger partial charge in [-0.15, -0.1) is 0 Å². The van der Waals surface area contributed by atoms with Crippen LogP contribution in [0, 0.1) is 0 Å². The van der Waals surface area contributed by atoms with E-state index in [9.17, 15) is 4.79 Å². The quantitative estimate of drug-likeness (QED) is 0.540. The summed E-state index contributed by atoms with van der Waals surface area (Å²) in [6.07, 6.45) is 3.15. The summed E-state index contributed by atoms with van der Waals surface area (Å²) in [4.78, 5) is 25.6. The predicted molar refractivity (Wildman–Crippen MR) is 113 cm³/mol. The molecule has 8 nitrogen and oxygen atoms in total. The third-order valence-electron chi connectivity index (χ3n) is 4.43. The average Bonchev–Trinajstić information content (AvgIpc) is 2.71. The monoisotopic (exact) mass is 388 g/mol. The van der Waals surface area contributed by atoms with E-state index in [1.807, 2.05) is 37.3 Å². The summed E-state index contributed by atoms with van der Waals surface area (Å²) in [6.45, 7) is 2.64. The Hall–Kier alpha value is -3.94. The first-order valence-electron chi connectivity index (χ1n) is 9.15. The van der Waals surface area contributed by atoms with Crippen molar-refractivity contribution in [1.82, 2.24) is 19.5 Å². The molecule has 0 unspecified atom stereocenters. The number of pyridine rings is 2. The van der Waals surface area contributed by atoms with Gasteiger partial charge < -0.3 is 15.8 Å². The number of ether oxygens (including phenoxy) is 1. The summed E-state index contributed by atoms with van der Waals surface area (Å²) in [5.41, 5.74) is 7.30. The van der Waals surface area contributed by atoms with Crippen LogP contribution in [-0.4, -0.2) is 26.1 Å². The number of aromatic nitrogens is 4. The van der Waals surface area contributed by atoms with Crippen molar-refractivity contribution in [3.05, 3.63) is 65.2 Å². The lowest BCUT2D eigenvalue weighted by Gasteiger charge is -2.10. The van der Waals surface area contributed by atoms with Gasteiger partial charge in [0.2, 0.25) is 5.95 Å². The molecule has 3 heterocycles. The standard InChI is InChI=1S/C21H20N6O2/c1-3-23-21-25-12-16(20(28)27(21)2)18-6-4-13-10-14(5-7-17(13)26-18)29-15-8-9-24-19(22)11-15/h4-12H,3H2,1-2H3,(H2,22,24)(H,23,25). The minimum Gasteiger partial charge on any atom is -0.457 e. The van der Waals surface area contributed by atoms with Crippen molar-refractivity contribution in [2.45, 2.75) is 6.92 Å². The fourth-order valence-electron chi connectivity index (χ4n) is 2.99. The van der Waals surface area contributed by atoms with Gasteiger partial charge in [-0.05, 0) is 37.3 Å². The Morgan fingerprint density at radius 1 is 1.10 bits per heavy atom. The molecule has 4 aromatic rings. The minimum absolute atomic E-state index is 0.155.